The minimum Gasteiger partial charge on any atom is -0.454 e. The van der Waals surface area contributed by atoms with E-state index in [0.29, 0.717) is 28.7 Å². The van der Waals surface area contributed by atoms with E-state index in [1.165, 1.54) is 0 Å². The summed E-state index contributed by atoms with van der Waals surface area (Å²) in [6.07, 6.45) is 4.79. The average Bonchev–Trinajstić information content (AvgIpc) is 3.22. The van der Waals surface area contributed by atoms with Gasteiger partial charge in [-0.25, -0.2) is 15.0 Å². The van der Waals surface area contributed by atoms with E-state index in [1.54, 1.807) is 41.5 Å². The van der Waals surface area contributed by atoms with Crippen molar-refractivity contribution < 1.29 is 14.3 Å². The molecule has 0 saturated carbocycles. The number of rotatable bonds is 3. The Morgan fingerprint density at radius 3 is 2.60 bits per heavy atom. The number of fused-ring (bicyclic) bond motifs is 1. The van der Waals surface area contributed by atoms with Gasteiger partial charge >= 0.3 is 0 Å². The maximum Gasteiger partial charge on any atom is 0.255 e. The van der Waals surface area contributed by atoms with Crippen molar-refractivity contribution >= 4 is 11.6 Å². The van der Waals surface area contributed by atoms with E-state index in [4.69, 9.17) is 9.47 Å². The molecule has 8 nitrogen and oxygen atoms in total. The van der Waals surface area contributed by atoms with E-state index in [1.807, 2.05) is 13.8 Å². The molecule has 0 saturated heterocycles. The van der Waals surface area contributed by atoms with E-state index in [-0.39, 0.29) is 12.7 Å². The molecular weight excluding hydrogens is 322 g/mol. The number of amides is 1. The molecule has 3 aromatic rings. The summed E-state index contributed by atoms with van der Waals surface area (Å²) in [5, 5.41) is 2.76. The lowest BCUT2D eigenvalue weighted by molar-refractivity contribution is 0.102. The summed E-state index contributed by atoms with van der Waals surface area (Å²) in [6.45, 7) is 4.04. The van der Waals surface area contributed by atoms with Crippen LogP contribution in [0.25, 0.3) is 5.95 Å². The maximum atomic E-state index is 12.3. The highest BCUT2D eigenvalue weighted by molar-refractivity contribution is 6.04. The Labute approximate surface area is 143 Å². The zero-order valence-corrected chi connectivity index (χ0v) is 13.7. The van der Waals surface area contributed by atoms with Gasteiger partial charge in [-0.2, -0.15) is 0 Å². The molecule has 0 aliphatic carbocycles. The molecule has 1 amide bonds. The van der Waals surface area contributed by atoms with Crippen LogP contribution in [-0.2, 0) is 0 Å². The van der Waals surface area contributed by atoms with Gasteiger partial charge in [-0.05, 0) is 32.0 Å². The molecule has 0 bridgehead atoms. The molecule has 3 heterocycles. The van der Waals surface area contributed by atoms with Gasteiger partial charge in [0.25, 0.3) is 5.91 Å². The van der Waals surface area contributed by atoms with E-state index in [2.05, 4.69) is 20.3 Å². The number of hydrogen-bond donors (Lipinski definition) is 1. The lowest BCUT2D eigenvalue weighted by Crippen LogP contribution is -2.13. The Kier molecular flexibility index (Phi) is 3.57. The molecule has 1 aliphatic rings. The fourth-order valence-electron chi connectivity index (χ4n) is 2.45. The van der Waals surface area contributed by atoms with E-state index < -0.39 is 0 Å². The van der Waals surface area contributed by atoms with E-state index >= 15 is 0 Å². The second-order valence-corrected chi connectivity index (χ2v) is 5.58. The van der Waals surface area contributed by atoms with Crippen molar-refractivity contribution in [1.29, 1.82) is 0 Å². The minimum atomic E-state index is -0.274. The monoisotopic (exact) mass is 337 g/mol. The van der Waals surface area contributed by atoms with Gasteiger partial charge in [0.05, 0.1) is 23.8 Å². The third kappa shape index (κ3) is 2.78. The van der Waals surface area contributed by atoms with Crippen LogP contribution in [0.4, 0.5) is 5.69 Å². The maximum absolute atomic E-state index is 12.3. The van der Waals surface area contributed by atoms with Gasteiger partial charge in [-0.15, -0.1) is 0 Å². The van der Waals surface area contributed by atoms with Crippen LogP contribution >= 0.6 is 0 Å². The number of nitrogens with zero attached hydrogens (tertiary/aromatic N) is 4. The van der Waals surface area contributed by atoms with Crippen LogP contribution in [-0.4, -0.2) is 32.2 Å². The molecule has 1 N–H and O–H groups in total. The first-order chi connectivity index (χ1) is 12.1. The van der Waals surface area contributed by atoms with E-state index in [0.717, 1.165) is 11.4 Å². The van der Waals surface area contributed by atoms with Crippen LogP contribution in [0.1, 0.15) is 21.7 Å². The highest BCUT2D eigenvalue weighted by Crippen LogP contribution is 2.32. The smallest absolute Gasteiger partial charge is 0.255 e. The van der Waals surface area contributed by atoms with Crippen LogP contribution in [0, 0.1) is 13.8 Å². The molecule has 0 atom stereocenters. The van der Waals surface area contributed by atoms with Crippen molar-refractivity contribution in [1.82, 2.24) is 19.5 Å². The first kappa shape index (κ1) is 15.1. The van der Waals surface area contributed by atoms with Crippen LogP contribution < -0.4 is 14.8 Å². The average molecular weight is 337 g/mol. The number of carbonyl (C=O) groups excluding carboxylic acids is 1. The third-order valence-corrected chi connectivity index (χ3v) is 4.00. The molecule has 0 unspecified atom stereocenters. The highest BCUT2D eigenvalue weighted by atomic mass is 16.7. The number of benzene rings is 1. The standard InChI is InChI=1S/C17H15N5O3/c1-10-11(2)22(8-20-10)17-18-6-13(7-19-17)21-16(23)12-3-4-14-15(5-12)25-9-24-14/h3-8H,9H2,1-2H3,(H,21,23). The molecule has 8 heteroatoms. The molecule has 126 valence electrons. The zero-order chi connectivity index (χ0) is 17.4. The molecule has 4 rings (SSSR count). The fraction of sp³-hybridized carbons (Fsp3) is 0.176. The van der Waals surface area contributed by atoms with E-state index in [9.17, 15) is 4.79 Å². The SMILES string of the molecule is Cc1ncn(-c2ncc(NC(=O)c3ccc4c(c3)OCO4)cn2)c1C. The van der Waals surface area contributed by atoms with Crippen molar-refractivity contribution in [2.24, 2.45) is 0 Å². The second kappa shape index (κ2) is 5.90. The predicted octanol–water partition coefficient (Wildman–Crippen LogP) is 2.26. The number of ether oxygens (including phenoxy) is 2. The summed E-state index contributed by atoms with van der Waals surface area (Å²) in [5.41, 5.74) is 2.86. The molecule has 25 heavy (non-hydrogen) atoms. The quantitative estimate of drug-likeness (QED) is 0.788. The van der Waals surface area contributed by atoms with Crippen molar-refractivity contribution in [3.63, 3.8) is 0 Å². The Morgan fingerprint density at radius 1 is 1.12 bits per heavy atom. The summed E-state index contributed by atoms with van der Waals surface area (Å²) >= 11 is 0. The van der Waals surface area contributed by atoms with Gasteiger partial charge in [0.15, 0.2) is 11.5 Å². The van der Waals surface area contributed by atoms with Gasteiger partial charge in [0.2, 0.25) is 12.7 Å². The number of hydrogen-bond acceptors (Lipinski definition) is 6. The molecule has 1 aromatic carbocycles. The van der Waals surface area contributed by atoms with Crippen LogP contribution in [0.15, 0.2) is 36.9 Å². The molecule has 1 aliphatic heterocycles. The number of imidazole rings is 1. The number of anilines is 1. The number of carbonyl (C=O) groups is 1. The van der Waals surface area contributed by atoms with Gasteiger partial charge in [-0.1, -0.05) is 0 Å². The third-order valence-electron chi connectivity index (χ3n) is 4.00. The molecule has 2 aromatic heterocycles. The Morgan fingerprint density at radius 2 is 1.88 bits per heavy atom. The van der Waals surface area contributed by atoms with Gasteiger partial charge in [-0.3, -0.25) is 9.36 Å². The first-order valence-electron chi connectivity index (χ1n) is 7.66. The number of aromatic nitrogens is 4. The lowest BCUT2D eigenvalue weighted by atomic mass is 10.2. The molecule has 0 spiro atoms. The van der Waals surface area contributed by atoms with Crippen LogP contribution in [0.5, 0.6) is 11.5 Å². The number of nitrogens with one attached hydrogen (secondary N) is 1. The summed E-state index contributed by atoms with van der Waals surface area (Å²) in [6, 6.07) is 5.03. The second-order valence-electron chi connectivity index (χ2n) is 5.58. The summed E-state index contributed by atoms with van der Waals surface area (Å²) in [7, 11) is 0. The zero-order valence-electron chi connectivity index (χ0n) is 13.7. The normalized spacial score (nSPS) is 12.2. The lowest BCUT2D eigenvalue weighted by Gasteiger charge is -2.07. The van der Waals surface area contributed by atoms with Crippen molar-refractivity contribution in [2.75, 3.05) is 12.1 Å². The fourth-order valence-corrected chi connectivity index (χ4v) is 2.45. The topological polar surface area (TPSA) is 91.2 Å². The minimum absolute atomic E-state index is 0.169. The number of aryl methyl sites for hydroxylation is 1. The summed E-state index contributed by atoms with van der Waals surface area (Å²) < 4.78 is 12.3. The predicted molar refractivity (Wildman–Crippen MR) is 89.1 cm³/mol. The van der Waals surface area contributed by atoms with Crippen molar-refractivity contribution in [3.05, 3.63) is 53.9 Å². The Balaban J connectivity index is 1.51. The summed E-state index contributed by atoms with van der Waals surface area (Å²) in [5.74, 6) is 1.42. The summed E-state index contributed by atoms with van der Waals surface area (Å²) in [4.78, 5) is 25.1. The highest BCUT2D eigenvalue weighted by Gasteiger charge is 2.16. The molecular formula is C17H15N5O3. The van der Waals surface area contributed by atoms with Gasteiger partial charge in [0, 0.05) is 11.3 Å². The first-order valence-corrected chi connectivity index (χ1v) is 7.66. The molecule has 0 fully saturated rings. The van der Waals surface area contributed by atoms with Gasteiger partial charge < -0.3 is 14.8 Å². The van der Waals surface area contributed by atoms with Crippen molar-refractivity contribution in [3.8, 4) is 17.4 Å². The van der Waals surface area contributed by atoms with Crippen LogP contribution in [0.2, 0.25) is 0 Å². The van der Waals surface area contributed by atoms with Gasteiger partial charge in [0.1, 0.15) is 6.33 Å². The van der Waals surface area contributed by atoms with Crippen molar-refractivity contribution in [2.45, 2.75) is 13.8 Å². The molecule has 0 radical (unpaired) electrons. The Hall–Kier alpha value is -3.42. The largest absolute Gasteiger partial charge is 0.454 e. The van der Waals surface area contributed by atoms with Crippen LogP contribution in [0.3, 0.4) is 0 Å². The Bertz CT molecular complexity index is 949.